The van der Waals surface area contributed by atoms with Crippen LogP contribution in [0.3, 0.4) is 0 Å². The number of nitrogens with one attached hydrogen (secondary N) is 1. The van der Waals surface area contributed by atoms with Crippen LogP contribution in [0.25, 0.3) is 0 Å². The van der Waals surface area contributed by atoms with Crippen LogP contribution in [0.2, 0.25) is 0 Å². The van der Waals surface area contributed by atoms with Crippen LogP contribution in [0, 0.1) is 13.8 Å². The van der Waals surface area contributed by atoms with Crippen LogP contribution in [0.4, 0.5) is 10.5 Å². The third kappa shape index (κ3) is 4.97. The molecular formula is C27H33N5O3S. The second kappa shape index (κ2) is 9.97. The minimum atomic E-state index is -2.98. The zero-order valence-corrected chi connectivity index (χ0v) is 21.6. The van der Waals surface area contributed by atoms with Gasteiger partial charge in [0.15, 0.2) is 9.84 Å². The number of anilines is 1. The maximum absolute atomic E-state index is 13.3. The number of rotatable bonds is 5. The van der Waals surface area contributed by atoms with Gasteiger partial charge in [-0.1, -0.05) is 60.7 Å². The number of sulfone groups is 1. The normalized spacial score (nSPS) is 19.6. The number of piperazine rings is 1. The summed E-state index contributed by atoms with van der Waals surface area (Å²) in [7, 11) is -2.98. The van der Waals surface area contributed by atoms with Crippen LogP contribution in [-0.2, 0) is 9.84 Å². The maximum atomic E-state index is 13.3. The SMILES string of the molecule is Cc1nn(C2CCS(=O)(=O)C2)c(C)c1N1CCN(C(=O)NC(c2ccccc2)c2ccccc2)CC1. The molecule has 1 atom stereocenters. The Kier molecular flexibility index (Phi) is 6.75. The van der Waals surface area contributed by atoms with Crippen molar-refractivity contribution >= 4 is 21.6 Å². The van der Waals surface area contributed by atoms with Crippen molar-refractivity contribution in [1.82, 2.24) is 20.0 Å². The fourth-order valence-electron chi connectivity index (χ4n) is 5.43. The Morgan fingerprint density at radius 1 is 0.944 bits per heavy atom. The second-order valence-corrected chi connectivity index (χ2v) is 11.9. The smallest absolute Gasteiger partial charge is 0.318 e. The van der Waals surface area contributed by atoms with E-state index < -0.39 is 9.84 Å². The summed E-state index contributed by atoms with van der Waals surface area (Å²) in [5.74, 6) is 0.387. The molecule has 0 aliphatic carbocycles. The van der Waals surface area contributed by atoms with Gasteiger partial charge in [0, 0.05) is 26.2 Å². The number of nitrogens with zero attached hydrogens (tertiary/aromatic N) is 4. The highest BCUT2D eigenvalue weighted by Crippen LogP contribution is 2.32. The number of aromatic nitrogens is 2. The number of hydrogen-bond donors (Lipinski definition) is 1. The fraction of sp³-hybridized carbons (Fsp3) is 0.407. The van der Waals surface area contributed by atoms with Gasteiger partial charge >= 0.3 is 6.03 Å². The summed E-state index contributed by atoms with van der Waals surface area (Å²) in [6, 6.07) is 19.7. The summed E-state index contributed by atoms with van der Waals surface area (Å²) < 4.78 is 25.9. The first-order valence-corrected chi connectivity index (χ1v) is 14.3. The molecule has 8 nitrogen and oxygen atoms in total. The number of aryl methyl sites for hydroxylation is 1. The molecule has 2 aliphatic rings. The van der Waals surface area contributed by atoms with Gasteiger partial charge in [-0.05, 0) is 31.4 Å². The van der Waals surface area contributed by atoms with E-state index in [-0.39, 0.29) is 29.6 Å². The number of hydrogen-bond acceptors (Lipinski definition) is 5. The van der Waals surface area contributed by atoms with Crippen LogP contribution < -0.4 is 10.2 Å². The lowest BCUT2D eigenvalue weighted by Gasteiger charge is -2.37. The van der Waals surface area contributed by atoms with Crippen molar-refractivity contribution in [3.05, 3.63) is 83.2 Å². The van der Waals surface area contributed by atoms with E-state index in [0.717, 1.165) is 28.2 Å². The minimum absolute atomic E-state index is 0.0762. The highest BCUT2D eigenvalue weighted by atomic mass is 32.2. The summed E-state index contributed by atoms with van der Waals surface area (Å²) >= 11 is 0. The quantitative estimate of drug-likeness (QED) is 0.571. The van der Waals surface area contributed by atoms with E-state index in [2.05, 4.69) is 10.2 Å². The van der Waals surface area contributed by atoms with Crippen LogP contribution in [-0.4, -0.2) is 66.8 Å². The van der Waals surface area contributed by atoms with Crippen molar-refractivity contribution in [2.24, 2.45) is 0 Å². The van der Waals surface area contributed by atoms with E-state index in [1.165, 1.54) is 0 Å². The molecule has 1 aromatic heterocycles. The van der Waals surface area contributed by atoms with E-state index in [4.69, 9.17) is 5.10 Å². The highest BCUT2D eigenvalue weighted by Gasteiger charge is 2.33. The molecule has 2 amide bonds. The van der Waals surface area contributed by atoms with Crippen LogP contribution in [0.1, 0.15) is 41.0 Å². The van der Waals surface area contributed by atoms with E-state index in [0.29, 0.717) is 32.6 Å². The molecule has 2 aromatic carbocycles. The van der Waals surface area contributed by atoms with E-state index >= 15 is 0 Å². The highest BCUT2D eigenvalue weighted by molar-refractivity contribution is 7.91. The molecule has 0 radical (unpaired) electrons. The third-order valence-electron chi connectivity index (χ3n) is 7.26. The van der Waals surface area contributed by atoms with Crippen molar-refractivity contribution in [1.29, 1.82) is 0 Å². The summed E-state index contributed by atoms with van der Waals surface area (Å²) in [4.78, 5) is 17.4. The number of carbonyl (C=O) groups excluding carboxylic acids is 1. The topological polar surface area (TPSA) is 87.5 Å². The average molecular weight is 508 g/mol. The van der Waals surface area contributed by atoms with Gasteiger partial charge in [0.2, 0.25) is 0 Å². The fourth-order valence-corrected chi connectivity index (χ4v) is 7.13. The van der Waals surface area contributed by atoms with E-state index in [1.54, 1.807) is 0 Å². The lowest BCUT2D eigenvalue weighted by molar-refractivity contribution is 0.192. The summed E-state index contributed by atoms with van der Waals surface area (Å²) in [5.41, 5.74) is 5.06. The molecule has 9 heteroatoms. The zero-order valence-electron chi connectivity index (χ0n) is 20.8. The monoisotopic (exact) mass is 507 g/mol. The molecule has 3 aromatic rings. The molecule has 5 rings (SSSR count). The minimum Gasteiger partial charge on any atom is -0.365 e. The first-order valence-electron chi connectivity index (χ1n) is 12.5. The molecule has 2 saturated heterocycles. The Balaban J connectivity index is 1.26. The Hall–Kier alpha value is -3.33. The Labute approximate surface area is 212 Å². The molecule has 0 saturated carbocycles. The molecule has 0 bridgehead atoms. The Bertz CT molecular complexity index is 1280. The maximum Gasteiger partial charge on any atom is 0.318 e. The molecule has 2 aliphatic heterocycles. The van der Waals surface area contributed by atoms with Crippen molar-refractivity contribution in [3.8, 4) is 0 Å². The van der Waals surface area contributed by atoms with Crippen LogP contribution >= 0.6 is 0 Å². The molecule has 36 heavy (non-hydrogen) atoms. The molecular weight excluding hydrogens is 474 g/mol. The van der Waals surface area contributed by atoms with Crippen LogP contribution in [0.15, 0.2) is 60.7 Å². The standard InChI is InChI=1S/C27H33N5O3S/c1-20-26(21(2)32(29-20)24-13-18-36(34,35)19-24)30-14-16-31(17-15-30)27(33)28-25(22-9-5-3-6-10-22)23-11-7-4-8-12-23/h3-12,24-25H,13-19H2,1-2H3,(H,28,33). The molecule has 2 fully saturated rings. The van der Waals surface area contributed by atoms with Gasteiger partial charge in [-0.3, -0.25) is 4.68 Å². The zero-order chi connectivity index (χ0) is 25.3. The van der Waals surface area contributed by atoms with Crippen molar-refractivity contribution in [3.63, 3.8) is 0 Å². The molecule has 190 valence electrons. The van der Waals surface area contributed by atoms with E-state index in [9.17, 15) is 13.2 Å². The van der Waals surface area contributed by atoms with Gasteiger partial charge in [0.1, 0.15) is 0 Å². The van der Waals surface area contributed by atoms with E-state index in [1.807, 2.05) is 84.1 Å². The molecule has 1 unspecified atom stereocenters. The largest absolute Gasteiger partial charge is 0.365 e. The lowest BCUT2D eigenvalue weighted by atomic mass is 9.99. The summed E-state index contributed by atoms with van der Waals surface area (Å²) in [6.07, 6.45) is 0.613. The first kappa shape index (κ1) is 24.4. The van der Waals surface area contributed by atoms with Gasteiger partial charge in [-0.25, -0.2) is 13.2 Å². The first-order chi connectivity index (χ1) is 17.3. The van der Waals surface area contributed by atoms with Crippen molar-refractivity contribution in [2.45, 2.75) is 32.4 Å². The average Bonchev–Trinajstić information content (AvgIpc) is 3.40. The van der Waals surface area contributed by atoms with Crippen molar-refractivity contribution in [2.75, 3.05) is 42.6 Å². The predicted molar refractivity (Wildman–Crippen MR) is 141 cm³/mol. The van der Waals surface area contributed by atoms with Gasteiger partial charge in [-0.2, -0.15) is 5.10 Å². The number of benzene rings is 2. The Morgan fingerprint density at radius 2 is 1.53 bits per heavy atom. The molecule has 0 spiro atoms. The summed E-state index contributed by atoms with van der Waals surface area (Å²) in [6.45, 7) is 6.60. The Morgan fingerprint density at radius 3 is 2.06 bits per heavy atom. The van der Waals surface area contributed by atoms with Gasteiger partial charge in [0.25, 0.3) is 0 Å². The summed E-state index contributed by atoms with van der Waals surface area (Å²) in [5, 5.41) is 7.95. The second-order valence-electron chi connectivity index (χ2n) is 9.70. The predicted octanol–water partition coefficient (Wildman–Crippen LogP) is 3.48. The van der Waals surface area contributed by atoms with Gasteiger partial charge in [-0.15, -0.1) is 0 Å². The third-order valence-corrected chi connectivity index (χ3v) is 9.01. The number of urea groups is 1. The van der Waals surface area contributed by atoms with Crippen LogP contribution in [0.5, 0.6) is 0 Å². The lowest BCUT2D eigenvalue weighted by Crippen LogP contribution is -2.52. The van der Waals surface area contributed by atoms with Gasteiger partial charge < -0.3 is 15.1 Å². The number of amides is 2. The van der Waals surface area contributed by atoms with Gasteiger partial charge in [0.05, 0.1) is 40.7 Å². The molecule has 3 heterocycles. The van der Waals surface area contributed by atoms with Crippen molar-refractivity contribution < 1.29 is 13.2 Å². The molecule has 1 N–H and O–H groups in total. The number of carbonyl (C=O) groups is 1.